The molecule has 0 atom stereocenters. The summed E-state index contributed by atoms with van der Waals surface area (Å²) < 4.78 is 2.15. The molecule has 1 fully saturated rings. The van der Waals surface area contributed by atoms with Gasteiger partial charge in [0.2, 0.25) is 0 Å². The maximum Gasteiger partial charge on any atom is 0.293 e. The molecule has 2 heterocycles. The molecule has 8 nitrogen and oxygen atoms in total. The van der Waals surface area contributed by atoms with E-state index in [1.807, 2.05) is 11.9 Å². The van der Waals surface area contributed by atoms with Gasteiger partial charge in [-0.2, -0.15) is 0 Å². The molecule has 1 N–H and O–H groups in total. The van der Waals surface area contributed by atoms with E-state index in [-0.39, 0.29) is 17.6 Å². The molecule has 1 amide bonds. The number of benzene rings is 1. The predicted octanol–water partition coefficient (Wildman–Crippen LogP) is 2.91. The molecule has 1 aromatic carbocycles. The lowest BCUT2D eigenvalue weighted by atomic mass is 10.1. The Balaban J connectivity index is 1.62. The SMILES string of the molecule is CC(C)c1nc2c(n1C)CCN(c1ccc(C(=O)NC3CC3)cc1[N+](=O)[O-])C2. The van der Waals surface area contributed by atoms with Gasteiger partial charge in [0.15, 0.2) is 0 Å². The first-order valence-electron chi connectivity index (χ1n) is 9.73. The molecule has 0 unspecified atom stereocenters. The van der Waals surface area contributed by atoms with Gasteiger partial charge in [-0.15, -0.1) is 0 Å². The highest BCUT2D eigenvalue weighted by Gasteiger charge is 2.29. The number of rotatable bonds is 5. The minimum atomic E-state index is -0.406. The maximum absolute atomic E-state index is 12.3. The number of carbonyl (C=O) groups excluding carboxylic acids is 1. The van der Waals surface area contributed by atoms with Gasteiger partial charge < -0.3 is 14.8 Å². The minimum Gasteiger partial charge on any atom is -0.360 e. The number of amides is 1. The van der Waals surface area contributed by atoms with Crippen LogP contribution in [0.4, 0.5) is 11.4 Å². The third-order valence-corrected chi connectivity index (χ3v) is 5.49. The van der Waals surface area contributed by atoms with Gasteiger partial charge in [0.05, 0.1) is 17.2 Å². The van der Waals surface area contributed by atoms with Gasteiger partial charge >= 0.3 is 0 Å². The fourth-order valence-electron chi connectivity index (χ4n) is 3.85. The lowest BCUT2D eigenvalue weighted by Gasteiger charge is -2.28. The van der Waals surface area contributed by atoms with E-state index in [1.165, 1.54) is 11.8 Å². The molecule has 0 saturated heterocycles. The summed E-state index contributed by atoms with van der Waals surface area (Å²) in [7, 11) is 2.03. The highest BCUT2D eigenvalue weighted by molar-refractivity contribution is 5.96. The van der Waals surface area contributed by atoms with E-state index in [0.717, 1.165) is 30.8 Å². The van der Waals surface area contributed by atoms with E-state index < -0.39 is 4.92 Å². The van der Waals surface area contributed by atoms with Crippen LogP contribution < -0.4 is 10.2 Å². The molecule has 0 spiro atoms. The zero-order valence-electron chi connectivity index (χ0n) is 16.4. The van der Waals surface area contributed by atoms with Crippen molar-refractivity contribution >= 4 is 17.3 Å². The van der Waals surface area contributed by atoms with Crippen LogP contribution in [0.5, 0.6) is 0 Å². The van der Waals surface area contributed by atoms with E-state index >= 15 is 0 Å². The lowest BCUT2D eigenvalue weighted by molar-refractivity contribution is -0.384. The molecular weight excluding hydrogens is 358 g/mol. The van der Waals surface area contributed by atoms with Crippen molar-refractivity contribution in [3.8, 4) is 0 Å². The van der Waals surface area contributed by atoms with Crippen molar-refractivity contribution in [2.45, 2.75) is 51.6 Å². The Morgan fingerprint density at radius 3 is 2.75 bits per heavy atom. The van der Waals surface area contributed by atoms with Crippen molar-refractivity contribution in [3.63, 3.8) is 0 Å². The number of aromatic nitrogens is 2. The van der Waals surface area contributed by atoms with Crippen LogP contribution in [0, 0.1) is 10.1 Å². The molecule has 4 rings (SSSR count). The topological polar surface area (TPSA) is 93.3 Å². The highest BCUT2D eigenvalue weighted by Crippen LogP contribution is 2.34. The molecule has 1 aliphatic heterocycles. The molecule has 148 valence electrons. The molecule has 0 bridgehead atoms. The molecule has 1 aromatic heterocycles. The largest absolute Gasteiger partial charge is 0.360 e. The van der Waals surface area contributed by atoms with Gasteiger partial charge in [-0.3, -0.25) is 14.9 Å². The lowest BCUT2D eigenvalue weighted by Crippen LogP contribution is -2.32. The first-order chi connectivity index (χ1) is 13.3. The van der Waals surface area contributed by atoms with E-state index in [1.54, 1.807) is 12.1 Å². The first kappa shape index (κ1) is 18.5. The van der Waals surface area contributed by atoms with Gasteiger partial charge in [-0.25, -0.2) is 4.98 Å². The Kier molecular flexibility index (Phi) is 4.56. The summed E-state index contributed by atoms with van der Waals surface area (Å²) in [5.41, 5.74) is 3.01. The molecule has 1 saturated carbocycles. The van der Waals surface area contributed by atoms with E-state index in [9.17, 15) is 14.9 Å². The molecule has 8 heteroatoms. The normalized spacial score (nSPS) is 16.2. The second kappa shape index (κ2) is 6.92. The zero-order valence-corrected chi connectivity index (χ0v) is 16.4. The van der Waals surface area contributed by atoms with E-state index in [4.69, 9.17) is 4.98 Å². The van der Waals surface area contributed by atoms with Gasteiger partial charge in [0.25, 0.3) is 11.6 Å². The Labute approximate surface area is 163 Å². The van der Waals surface area contributed by atoms with Crippen LogP contribution in [-0.4, -0.2) is 33.0 Å². The Bertz CT molecular complexity index is 946. The van der Waals surface area contributed by atoms with Gasteiger partial charge in [-0.05, 0) is 25.0 Å². The summed E-state index contributed by atoms with van der Waals surface area (Å²) in [6, 6.07) is 4.97. The maximum atomic E-state index is 12.3. The number of hydrogen-bond acceptors (Lipinski definition) is 5. The zero-order chi connectivity index (χ0) is 20.0. The van der Waals surface area contributed by atoms with Gasteiger partial charge in [0, 0.05) is 49.3 Å². The summed E-state index contributed by atoms with van der Waals surface area (Å²) in [6.07, 6.45) is 2.74. The number of nitro groups is 1. The van der Waals surface area contributed by atoms with E-state index in [0.29, 0.717) is 30.3 Å². The molecule has 2 aliphatic rings. The summed E-state index contributed by atoms with van der Waals surface area (Å²) in [4.78, 5) is 30.3. The summed E-state index contributed by atoms with van der Waals surface area (Å²) in [6.45, 7) is 5.44. The fourth-order valence-corrected chi connectivity index (χ4v) is 3.85. The Morgan fingerprint density at radius 1 is 1.36 bits per heavy atom. The van der Waals surface area contributed by atoms with Crippen LogP contribution in [0.1, 0.15) is 60.2 Å². The molecule has 1 aliphatic carbocycles. The monoisotopic (exact) mass is 383 g/mol. The molecule has 0 radical (unpaired) electrons. The van der Waals surface area contributed by atoms with Crippen molar-refractivity contribution in [1.82, 2.24) is 14.9 Å². The average Bonchev–Trinajstić information content (AvgIpc) is 3.42. The van der Waals surface area contributed by atoms with Crippen molar-refractivity contribution < 1.29 is 9.72 Å². The Hall–Kier alpha value is -2.90. The molecular formula is C20H25N5O3. The number of carbonyl (C=O) groups is 1. The van der Waals surface area contributed by atoms with Crippen molar-refractivity contribution in [2.24, 2.45) is 7.05 Å². The van der Waals surface area contributed by atoms with Crippen LogP contribution in [-0.2, 0) is 20.0 Å². The minimum absolute atomic E-state index is 0.0353. The van der Waals surface area contributed by atoms with Crippen LogP contribution in [0.25, 0.3) is 0 Å². The third-order valence-electron chi connectivity index (χ3n) is 5.49. The van der Waals surface area contributed by atoms with E-state index in [2.05, 4.69) is 23.7 Å². The molecule has 28 heavy (non-hydrogen) atoms. The average molecular weight is 383 g/mol. The van der Waals surface area contributed by atoms with Crippen LogP contribution in [0.3, 0.4) is 0 Å². The number of imidazole rings is 1. The number of nitro benzene ring substituents is 1. The van der Waals surface area contributed by atoms with Crippen LogP contribution in [0.15, 0.2) is 18.2 Å². The second-order valence-electron chi connectivity index (χ2n) is 7.96. The number of fused-ring (bicyclic) bond motifs is 1. The van der Waals surface area contributed by atoms with Crippen molar-refractivity contribution in [3.05, 3.63) is 51.1 Å². The highest BCUT2D eigenvalue weighted by atomic mass is 16.6. The third kappa shape index (κ3) is 3.34. The predicted molar refractivity (Wildman–Crippen MR) is 106 cm³/mol. The smallest absolute Gasteiger partial charge is 0.293 e. The first-order valence-corrected chi connectivity index (χ1v) is 9.73. The Morgan fingerprint density at radius 2 is 2.11 bits per heavy atom. The van der Waals surface area contributed by atoms with Gasteiger partial charge in [-0.1, -0.05) is 13.8 Å². The van der Waals surface area contributed by atoms with Crippen molar-refractivity contribution in [2.75, 3.05) is 11.4 Å². The number of hydrogen-bond donors (Lipinski definition) is 1. The van der Waals surface area contributed by atoms with Crippen molar-refractivity contribution in [1.29, 1.82) is 0 Å². The van der Waals surface area contributed by atoms with Gasteiger partial charge in [0.1, 0.15) is 11.5 Å². The number of nitrogens with one attached hydrogen (secondary N) is 1. The fraction of sp³-hybridized carbons (Fsp3) is 0.500. The summed E-state index contributed by atoms with van der Waals surface area (Å²) >= 11 is 0. The summed E-state index contributed by atoms with van der Waals surface area (Å²) in [5.74, 6) is 1.11. The number of nitrogens with zero attached hydrogens (tertiary/aromatic N) is 4. The summed E-state index contributed by atoms with van der Waals surface area (Å²) in [5, 5.41) is 14.6. The van der Waals surface area contributed by atoms with Crippen LogP contribution >= 0.6 is 0 Å². The van der Waals surface area contributed by atoms with Crippen LogP contribution in [0.2, 0.25) is 0 Å². The quantitative estimate of drug-likeness (QED) is 0.633. The molecule has 2 aromatic rings. The standard InChI is InChI=1S/C20H25N5O3/c1-12(2)19-22-15-11-24(9-8-16(15)23(19)3)17-7-4-13(10-18(17)25(27)28)20(26)21-14-5-6-14/h4,7,10,12,14H,5-6,8-9,11H2,1-3H3,(H,21,26). The number of anilines is 1. The second-order valence-corrected chi connectivity index (χ2v) is 7.96.